The Balaban J connectivity index is 1.81. The Labute approximate surface area is 129 Å². The van der Waals surface area contributed by atoms with Crippen LogP contribution in [0.4, 0.5) is 0 Å². The third-order valence-corrected chi connectivity index (χ3v) is 3.23. The first-order valence-corrected chi connectivity index (χ1v) is 7.04. The van der Waals surface area contributed by atoms with Gasteiger partial charge in [0.15, 0.2) is 5.70 Å². The second kappa shape index (κ2) is 6.22. The van der Waals surface area contributed by atoms with Crippen molar-refractivity contribution in [3.05, 3.63) is 89.1 Å². The van der Waals surface area contributed by atoms with E-state index in [0.717, 1.165) is 16.7 Å². The first-order chi connectivity index (χ1) is 10.7. The largest absolute Gasteiger partial charge is 0.402 e. The standard InChI is InChI=1S/C19H15NO2/c1-14-7-5-11-16(13-14)18-20-17(19(21)22-18)12-6-10-15-8-3-2-4-9-15/h2-13H,1H3. The number of carbonyl (C=O) groups excluding carboxylic acids is 1. The smallest absolute Gasteiger partial charge is 0.363 e. The van der Waals surface area contributed by atoms with Crippen LogP contribution in [0.1, 0.15) is 16.7 Å². The molecule has 2 aromatic rings. The van der Waals surface area contributed by atoms with Crippen LogP contribution in [0, 0.1) is 6.92 Å². The van der Waals surface area contributed by atoms with E-state index in [0.29, 0.717) is 11.6 Å². The molecule has 2 aromatic carbocycles. The minimum atomic E-state index is -0.422. The maximum absolute atomic E-state index is 11.8. The fourth-order valence-corrected chi connectivity index (χ4v) is 2.14. The lowest BCUT2D eigenvalue weighted by atomic mass is 10.1. The number of aliphatic imine (C=N–C) groups is 1. The number of allylic oxidation sites excluding steroid dienone is 2. The second-order valence-corrected chi connectivity index (χ2v) is 5.00. The number of esters is 1. The van der Waals surface area contributed by atoms with E-state index in [-0.39, 0.29) is 0 Å². The summed E-state index contributed by atoms with van der Waals surface area (Å²) in [5.41, 5.74) is 3.28. The molecule has 0 bridgehead atoms. The molecule has 0 amide bonds. The van der Waals surface area contributed by atoms with Gasteiger partial charge in [-0.05, 0) is 30.7 Å². The van der Waals surface area contributed by atoms with E-state index in [4.69, 9.17) is 4.74 Å². The number of ether oxygens (including phenoxy) is 1. The summed E-state index contributed by atoms with van der Waals surface area (Å²) in [5, 5.41) is 0. The van der Waals surface area contributed by atoms with Crippen molar-refractivity contribution in [1.29, 1.82) is 0 Å². The van der Waals surface area contributed by atoms with Gasteiger partial charge in [-0.3, -0.25) is 0 Å². The molecular formula is C19H15NO2. The van der Waals surface area contributed by atoms with Gasteiger partial charge in [0, 0.05) is 5.56 Å². The quantitative estimate of drug-likeness (QED) is 0.635. The van der Waals surface area contributed by atoms with Gasteiger partial charge in [0.05, 0.1) is 0 Å². The van der Waals surface area contributed by atoms with E-state index in [9.17, 15) is 4.79 Å². The molecule has 0 aliphatic carbocycles. The van der Waals surface area contributed by atoms with Crippen molar-refractivity contribution < 1.29 is 9.53 Å². The lowest BCUT2D eigenvalue weighted by Crippen LogP contribution is -2.05. The van der Waals surface area contributed by atoms with E-state index in [1.807, 2.05) is 67.6 Å². The van der Waals surface area contributed by atoms with E-state index in [1.54, 1.807) is 12.2 Å². The van der Waals surface area contributed by atoms with Gasteiger partial charge in [-0.2, -0.15) is 0 Å². The van der Waals surface area contributed by atoms with Crippen molar-refractivity contribution in [2.75, 3.05) is 0 Å². The second-order valence-electron chi connectivity index (χ2n) is 5.00. The monoisotopic (exact) mass is 289 g/mol. The van der Waals surface area contributed by atoms with Gasteiger partial charge >= 0.3 is 5.97 Å². The van der Waals surface area contributed by atoms with E-state index in [1.165, 1.54) is 0 Å². The predicted octanol–water partition coefficient (Wildman–Crippen LogP) is 3.90. The molecule has 3 rings (SSSR count). The summed E-state index contributed by atoms with van der Waals surface area (Å²) in [6.07, 6.45) is 5.38. The summed E-state index contributed by atoms with van der Waals surface area (Å²) in [5.74, 6) is -0.0673. The molecule has 0 aromatic heterocycles. The van der Waals surface area contributed by atoms with Crippen molar-refractivity contribution in [2.24, 2.45) is 4.99 Å². The molecule has 0 atom stereocenters. The Morgan fingerprint density at radius 1 is 1.05 bits per heavy atom. The normalized spacial score (nSPS) is 16.1. The topological polar surface area (TPSA) is 38.7 Å². The average molecular weight is 289 g/mol. The van der Waals surface area contributed by atoms with E-state index < -0.39 is 5.97 Å². The lowest BCUT2D eigenvalue weighted by Gasteiger charge is -1.99. The van der Waals surface area contributed by atoms with E-state index in [2.05, 4.69) is 4.99 Å². The number of nitrogens with zero attached hydrogens (tertiary/aromatic N) is 1. The number of aryl methyl sites for hydroxylation is 1. The average Bonchev–Trinajstić information content (AvgIpc) is 2.90. The Morgan fingerprint density at radius 2 is 1.86 bits per heavy atom. The van der Waals surface area contributed by atoms with Gasteiger partial charge < -0.3 is 4.74 Å². The summed E-state index contributed by atoms with van der Waals surface area (Å²) >= 11 is 0. The Bertz CT molecular complexity index is 786. The van der Waals surface area contributed by atoms with Gasteiger partial charge in [0.2, 0.25) is 5.90 Å². The van der Waals surface area contributed by atoms with E-state index >= 15 is 0 Å². The molecule has 1 heterocycles. The molecule has 0 spiro atoms. The molecule has 0 radical (unpaired) electrons. The van der Waals surface area contributed by atoms with Crippen LogP contribution in [0.2, 0.25) is 0 Å². The molecule has 0 saturated heterocycles. The number of hydrogen-bond acceptors (Lipinski definition) is 3. The highest BCUT2D eigenvalue weighted by atomic mass is 16.6. The number of benzene rings is 2. The third kappa shape index (κ3) is 3.20. The fraction of sp³-hybridized carbons (Fsp3) is 0.0526. The van der Waals surface area contributed by atoms with Crippen molar-refractivity contribution in [2.45, 2.75) is 6.92 Å². The zero-order valence-electron chi connectivity index (χ0n) is 12.2. The molecule has 3 heteroatoms. The zero-order chi connectivity index (χ0) is 15.4. The molecule has 22 heavy (non-hydrogen) atoms. The fourth-order valence-electron chi connectivity index (χ4n) is 2.14. The van der Waals surface area contributed by atoms with Crippen molar-refractivity contribution in [3.63, 3.8) is 0 Å². The minimum Gasteiger partial charge on any atom is -0.402 e. The van der Waals surface area contributed by atoms with Crippen molar-refractivity contribution >= 4 is 17.9 Å². The van der Waals surface area contributed by atoms with Crippen molar-refractivity contribution in [3.8, 4) is 0 Å². The molecule has 0 N–H and O–H groups in total. The van der Waals surface area contributed by atoms with Crippen LogP contribution >= 0.6 is 0 Å². The van der Waals surface area contributed by atoms with Crippen LogP contribution in [0.5, 0.6) is 0 Å². The number of cyclic esters (lactones) is 1. The van der Waals surface area contributed by atoms with Gasteiger partial charge in [-0.1, -0.05) is 60.2 Å². The molecule has 3 nitrogen and oxygen atoms in total. The first-order valence-electron chi connectivity index (χ1n) is 7.04. The van der Waals surface area contributed by atoms with Gasteiger partial charge in [-0.15, -0.1) is 0 Å². The van der Waals surface area contributed by atoms with Crippen LogP contribution < -0.4 is 0 Å². The number of hydrogen-bond donors (Lipinski definition) is 0. The molecule has 0 saturated carbocycles. The summed E-state index contributed by atoms with van der Waals surface area (Å²) in [6, 6.07) is 17.6. The first kappa shape index (κ1) is 14.0. The molecular weight excluding hydrogens is 274 g/mol. The molecule has 108 valence electrons. The van der Waals surface area contributed by atoms with Crippen molar-refractivity contribution in [1.82, 2.24) is 0 Å². The van der Waals surface area contributed by atoms with Crippen LogP contribution in [0.25, 0.3) is 6.08 Å². The number of carbonyl (C=O) groups is 1. The summed E-state index contributed by atoms with van der Waals surface area (Å²) in [6.45, 7) is 1.99. The summed E-state index contributed by atoms with van der Waals surface area (Å²) in [4.78, 5) is 16.1. The van der Waals surface area contributed by atoms with Crippen LogP contribution in [-0.2, 0) is 9.53 Å². The minimum absolute atomic E-state index is 0.309. The zero-order valence-corrected chi connectivity index (χ0v) is 12.2. The maximum atomic E-state index is 11.8. The Hall–Kier alpha value is -2.94. The Morgan fingerprint density at radius 3 is 2.64 bits per heavy atom. The SMILES string of the molecule is Cc1cccc(C2=NC(=CC=Cc3ccccc3)C(=O)O2)c1. The van der Waals surface area contributed by atoms with Crippen LogP contribution in [-0.4, -0.2) is 11.9 Å². The molecule has 0 unspecified atom stereocenters. The van der Waals surface area contributed by atoms with Crippen LogP contribution in [0.15, 0.2) is 77.4 Å². The number of rotatable bonds is 3. The molecule has 1 aliphatic rings. The Kier molecular flexibility index (Phi) is 3.97. The van der Waals surface area contributed by atoms with Gasteiger partial charge in [0.1, 0.15) is 0 Å². The van der Waals surface area contributed by atoms with Gasteiger partial charge in [-0.25, -0.2) is 9.79 Å². The highest BCUT2D eigenvalue weighted by molar-refractivity contribution is 6.11. The molecule has 0 fully saturated rings. The highest BCUT2D eigenvalue weighted by Crippen LogP contribution is 2.17. The predicted molar refractivity (Wildman–Crippen MR) is 87.4 cm³/mol. The highest BCUT2D eigenvalue weighted by Gasteiger charge is 2.23. The third-order valence-electron chi connectivity index (χ3n) is 3.23. The molecule has 1 aliphatic heterocycles. The van der Waals surface area contributed by atoms with Crippen LogP contribution in [0.3, 0.4) is 0 Å². The van der Waals surface area contributed by atoms with Gasteiger partial charge in [0.25, 0.3) is 0 Å². The maximum Gasteiger partial charge on any atom is 0.363 e. The summed E-state index contributed by atoms with van der Waals surface area (Å²) in [7, 11) is 0. The summed E-state index contributed by atoms with van der Waals surface area (Å²) < 4.78 is 5.23. The lowest BCUT2D eigenvalue weighted by molar-refractivity contribution is -0.130.